The Labute approximate surface area is 171 Å². The van der Waals surface area contributed by atoms with Gasteiger partial charge in [0.1, 0.15) is 11.7 Å². The Morgan fingerprint density at radius 1 is 1.10 bits per heavy atom. The summed E-state index contributed by atoms with van der Waals surface area (Å²) in [6, 6.07) is 7.97. The minimum absolute atomic E-state index is 0.0521. The SMILES string of the molecule is COC(=O)[C@@H](Cc1c[nH]c2ccccc12)NC(=O)COC(=O)c1cc(C(C)=O)c[nH]1. The quantitative estimate of drug-likeness (QED) is 0.382. The summed E-state index contributed by atoms with van der Waals surface area (Å²) in [5, 5.41) is 3.46. The number of aromatic nitrogens is 2. The smallest absolute Gasteiger partial charge is 0.355 e. The summed E-state index contributed by atoms with van der Waals surface area (Å²) in [6.45, 7) is 0.779. The van der Waals surface area contributed by atoms with Gasteiger partial charge in [-0.1, -0.05) is 18.2 Å². The van der Waals surface area contributed by atoms with Gasteiger partial charge in [-0.05, 0) is 24.6 Å². The maximum absolute atomic E-state index is 12.2. The molecule has 0 bridgehead atoms. The average molecular weight is 411 g/mol. The molecule has 1 amide bonds. The fourth-order valence-electron chi connectivity index (χ4n) is 3.02. The van der Waals surface area contributed by atoms with E-state index in [-0.39, 0.29) is 17.9 Å². The second-order valence-corrected chi connectivity index (χ2v) is 6.64. The molecule has 9 nitrogen and oxygen atoms in total. The first kappa shape index (κ1) is 20.8. The highest BCUT2D eigenvalue weighted by atomic mass is 16.5. The maximum atomic E-state index is 12.2. The number of H-pyrrole nitrogens is 2. The van der Waals surface area contributed by atoms with Gasteiger partial charge in [0.15, 0.2) is 12.4 Å². The second kappa shape index (κ2) is 9.08. The van der Waals surface area contributed by atoms with Crippen LogP contribution in [0, 0.1) is 0 Å². The lowest BCUT2D eigenvalue weighted by atomic mass is 10.0. The molecular formula is C21H21N3O6. The number of Topliss-reactive ketones (excluding diaryl/α,β-unsaturated/α-hetero) is 1. The molecule has 0 aliphatic carbocycles. The Kier molecular flexibility index (Phi) is 6.31. The predicted molar refractivity (Wildman–Crippen MR) is 107 cm³/mol. The van der Waals surface area contributed by atoms with E-state index in [1.165, 1.54) is 26.3 Å². The molecular weight excluding hydrogens is 390 g/mol. The summed E-state index contributed by atoms with van der Waals surface area (Å²) < 4.78 is 9.74. The number of benzene rings is 1. The van der Waals surface area contributed by atoms with E-state index in [0.717, 1.165) is 16.5 Å². The molecule has 2 heterocycles. The zero-order valence-corrected chi connectivity index (χ0v) is 16.5. The summed E-state index contributed by atoms with van der Waals surface area (Å²) in [5.74, 6) is -2.27. The number of carbonyl (C=O) groups is 4. The first-order valence-corrected chi connectivity index (χ1v) is 9.17. The van der Waals surface area contributed by atoms with E-state index >= 15 is 0 Å². The number of ketones is 1. The predicted octanol–water partition coefficient (Wildman–Crippen LogP) is 1.76. The highest BCUT2D eigenvalue weighted by molar-refractivity contribution is 5.98. The molecule has 30 heavy (non-hydrogen) atoms. The van der Waals surface area contributed by atoms with Gasteiger partial charge in [0.25, 0.3) is 5.91 Å². The summed E-state index contributed by atoms with van der Waals surface area (Å²) in [4.78, 5) is 53.4. The Morgan fingerprint density at radius 2 is 1.87 bits per heavy atom. The fourth-order valence-corrected chi connectivity index (χ4v) is 3.02. The molecule has 0 aliphatic rings. The van der Waals surface area contributed by atoms with Gasteiger partial charge in [0, 0.05) is 35.3 Å². The van der Waals surface area contributed by atoms with Crippen LogP contribution in [0.25, 0.3) is 10.9 Å². The normalized spacial score (nSPS) is 11.7. The number of aromatic amines is 2. The zero-order chi connectivity index (χ0) is 21.7. The number of amides is 1. The number of rotatable bonds is 8. The van der Waals surface area contributed by atoms with E-state index in [0.29, 0.717) is 5.56 Å². The molecule has 3 N–H and O–H groups in total. The van der Waals surface area contributed by atoms with Crippen molar-refractivity contribution in [1.29, 1.82) is 0 Å². The molecule has 156 valence electrons. The monoisotopic (exact) mass is 411 g/mol. The van der Waals surface area contributed by atoms with Crippen molar-refractivity contribution in [3.8, 4) is 0 Å². The van der Waals surface area contributed by atoms with E-state index in [1.807, 2.05) is 24.3 Å². The standard InChI is InChI=1S/C21H21N3O6/c1-12(25)13-7-17(23-9-13)21(28)30-11-19(26)24-18(20(27)29-2)8-14-10-22-16-6-4-3-5-15(14)16/h3-7,9-10,18,22-23H,8,11H2,1-2H3,(H,24,26)/t18-/m1/s1. The summed E-state index contributed by atoms with van der Waals surface area (Å²) in [6.07, 6.45) is 3.35. The van der Waals surface area contributed by atoms with Crippen molar-refractivity contribution in [3.63, 3.8) is 0 Å². The molecule has 0 radical (unpaired) electrons. The van der Waals surface area contributed by atoms with Gasteiger partial charge in [-0.2, -0.15) is 0 Å². The molecule has 0 aliphatic heterocycles. The summed E-state index contributed by atoms with van der Waals surface area (Å²) in [5.41, 5.74) is 2.13. The van der Waals surface area contributed by atoms with Gasteiger partial charge >= 0.3 is 11.9 Å². The molecule has 0 saturated heterocycles. The van der Waals surface area contributed by atoms with E-state index in [2.05, 4.69) is 15.3 Å². The van der Waals surface area contributed by atoms with Crippen molar-refractivity contribution in [1.82, 2.24) is 15.3 Å². The molecule has 0 spiro atoms. The molecule has 0 saturated carbocycles. The number of hydrogen-bond donors (Lipinski definition) is 3. The highest BCUT2D eigenvalue weighted by Gasteiger charge is 2.24. The van der Waals surface area contributed by atoms with Gasteiger partial charge in [-0.25, -0.2) is 9.59 Å². The van der Waals surface area contributed by atoms with Gasteiger partial charge < -0.3 is 24.8 Å². The van der Waals surface area contributed by atoms with Gasteiger partial charge in [0.2, 0.25) is 0 Å². The van der Waals surface area contributed by atoms with Crippen molar-refractivity contribution < 1.29 is 28.7 Å². The van der Waals surface area contributed by atoms with Crippen LogP contribution in [0.5, 0.6) is 0 Å². The lowest BCUT2D eigenvalue weighted by Gasteiger charge is -2.16. The number of carbonyl (C=O) groups excluding carboxylic acids is 4. The molecule has 3 aromatic rings. The Hall–Kier alpha value is -3.88. The number of fused-ring (bicyclic) bond motifs is 1. The highest BCUT2D eigenvalue weighted by Crippen LogP contribution is 2.19. The average Bonchev–Trinajstić information content (AvgIpc) is 3.39. The third-order valence-corrected chi connectivity index (χ3v) is 4.56. The van der Waals surface area contributed by atoms with Crippen LogP contribution in [0.3, 0.4) is 0 Å². The van der Waals surface area contributed by atoms with E-state index in [1.54, 1.807) is 6.20 Å². The van der Waals surface area contributed by atoms with Gasteiger partial charge in [-0.3, -0.25) is 9.59 Å². The van der Waals surface area contributed by atoms with E-state index in [4.69, 9.17) is 9.47 Å². The van der Waals surface area contributed by atoms with E-state index < -0.39 is 30.5 Å². The minimum Gasteiger partial charge on any atom is -0.467 e. The maximum Gasteiger partial charge on any atom is 0.355 e. The molecule has 2 aromatic heterocycles. The van der Waals surface area contributed by atoms with Gasteiger partial charge in [-0.15, -0.1) is 0 Å². The van der Waals surface area contributed by atoms with Crippen LogP contribution >= 0.6 is 0 Å². The number of esters is 2. The Bertz CT molecular complexity index is 1100. The molecule has 0 unspecified atom stereocenters. The number of para-hydroxylation sites is 1. The van der Waals surface area contributed by atoms with Crippen LogP contribution < -0.4 is 5.32 Å². The van der Waals surface area contributed by atoms with Crippen molar-refractivity contribution in [3.05, 3.63) is 59.5 Å². The fraction of sp³-hybridized carbons (Fsp3) is 0.238. The van der Waals surface area contributed by atoms with Crippen LogP contribution in [0.1, 0.15) is 33.3 Å². The third-order valence-electron chi connectivity index (χ3n) is 4.56. The second-order valence-electron chi connectivity index (χ2n) is 6.64. The molecule has 3 rings (SSSR count). The van der Waals surface area contributed by atoms with Crippen LogP contribution in [0.15, 0.2) is 42.7 Å². The van der Waals surface area contributed by atoms with Gasteiger partial charge in [0.05, 0.1) is 7.11 Å². The summed E-state index contributed by atoms with van der Waals surface area (Å²) >= 11 is 0. The van der Waals surface area contributed by atoms with Crippen LogP contribution in [-0.4, -0.2) is 53.4 Å². The van der Waals surface area contributed by atoms with Crippen molar-refractivity contribution in [2.45, 2.75) is 19.4 Å². The van der Waals surface area contributed by atoms with Crippen LogP contribution in [0.2, 0.25) is 0 Å². The Balaban J connectivity index is 1.61. The summed E-state index contributed by atoms with van der Waals surface area (Å²) in [7, 11) is 1.23. The lowest BCUT2D eigenvalue weighted by Crippen LogP contribution is -2.44. The molecule has 9 heteroatoms. The zero-order valence-electron chi connectivity index (χ0n) is 16.5. The molecule has 1 atom stereocenters. The largest absolute Gasteiger partial charge is 0.467 e. The van der Waals surface area contributed by atoms with Crippen LogP contribution in [-0.2, 0) is 25.5 Å². The van der Waals surface area contributed by atoms with E-state index in [9.17, 15) is 19.2 Å². The Morgan fingerprint density at radius 3 is 2.57 bits per heavy atom. The first-order chi connectivity index (χ1) is 14.4. The first-order valence-electron chi connectivity index (χ1n) is 9.17. The topological polar surface area (TPSA) is 130 Å². The van der Waals surface area contributed by atoms with Crippen molar-refractivity contribution in [2.75, 3.05) is 13.7 Å². The van der Waals surface area contributed by atoms with Crippen LogP contribution in [0.4, 0.5) is 0 Å². The third kappa shape index (κ3) is 4.75. The van der Waals surface area contributed by atoms with Crippen molar-refractivity contribution in [2.24, 2.45) is 0 Å². The number of methoxy groups -OCH3 is 1. The van der Waals surface area contributed by atoms with Crippen molar-refractivity contribution >= 4 is 34.5 Å². The minimum atomic E-state index is -0.949. The lowest BCUT2D eigenvalue weighted by molar-refractivity contribution is -0.145. The number of hydrogen-bond acceptors (Lipinski definition) is 6. The number of nitrogens with one attached hydrogen (secondary N) is 3. The number of ether oxygens (including phenoxy) is 2. The molecule has 1 aromatic carbocycles. The molecule has 0 fully saturated rings.